The first kappa shape index (κ1) is 17.4. The molecule has 0 radical (unpaired) electrons. The van der Waals surface area contributed by atoms with Gasteiger partial charge in [-0.2, -0.15) is 4.31 Å². The van der Waals surface area contributed by atoms with Crippen LogP contribution in [0.25, 0.3) is 0 Å². The number of methoxy groups -OCH3 is 1. The van der Waals surface area contributed by atoms with E-state index in [-0.39, 0.29) is 10.9 Å². The topological polar surface area (TPSA) is 46.6 Å². The Hall–Kier alpha value is -0.980. The first-order valence-electron chi connectivity index (χ1n) is 7.73. The van der Waals surface area contributed by atoms with Gasteiger partial charge in [-0.1, -0.05) is 12.5 Å². The van der Waals surface area contributed by atoms with Crippen LogP contribution in [0.1, 0.15) is 37.7 Å². The van der Waals surface area contributed by atoms with Crippen LogP contribution in [-0.4, -0.2) is 39.0 Å². The average molecular weight is 329 g/mol. The van der Waals surface area contributed by atoms with E-state index in [1.807, 2.05) is 0 Å². The monoisotopic (exact) mass is 329 g/mol. The number of benzene rings is 1. The number of hydrogen-bond donors (Lipinski definition) is 0. The molecular formula is C16H24FNO3S. The lowest BCUT2D eigenvalue weighted by atomic mass is 10.0. The number of aryl methyl sites for hydroxylation is 1. The van der Waals surface area contributed by atoms with E-state index in [1.54, 1.807) is 20.1 Å². The maximum Gasteiger partial charge on any atom is 0.246 e. The molecule has 1 aromatic carbocycles. The van der Waals surface area contributed by atoms with Crippen molar-refractivity contribution in [3.8, 4) is 0 Å². The third-order valence-electron chi connectivity index (χ3n) is 4.13. The smallest absolute Gasteiger partial charge is 0.246 e. The highest BCUT2D eigenvalue weighted by atomic mass is 32.2. The second-order valence-corrected chi connectivity index (χ2v) is 7.69. The lowest BCUT2D eigenvalue weighted by Gasteiger charge is -2.34. The largest absolute Gasteiger partial charge is 0.385 e. The number of rotatable bonds is 6. The summed E-state index contributed by atoms with van der Waals surface area (Å²) in [6, 6.07) is 4.23. The molecule has 0 unspecified atom stereocenters. The fourth-order valence-corrected chi connectivity index (χ4v) is 4.75. The molecule has 1 aliphatic rings. The number of hydrogen-bond acceptors (Lipinski definition) is 3. The molecule has 1 fully saturated rings. The van der Waals surface area contributed by atoms with Crippen LogP contribution in [0.4, 0.5) is 4.39 Å². The molecule has 6 heteroatoms. The molecule has 22 heavy (non-hydrogen) atoms. The summed E-state index contributed by atoms with van der Waals surface area (Å²) in [6.07, 6.45) is 4.23. The molecule has 0 bridgehead atoms. The zero-order valence-corrected chi connectivity index (χ0v) is 14.0. The third-order valence-corrected chi connectivity index (χ3v) is 6.12. The second-order valence-electron chi connectivity index (χ2n) is 5.83. The maximum absolute atomic E-state index is 14.1. The molecular weight excluding hydrogens is 305 g/mol. The first-order chi connectivity index (χ1) is 10.5. The van der Waals surface area contributed by atoms with E-state index in [0.717, 1.165) is 32.1 Å². The van der Waals surface area contributed by atoms with E-state index >= 15 is 0 Å². The number of sulfonamides is 1. The van der Waals surface area contributed by atoms with Crippen molar-refractivity contribution in [1.29, 1.82) is 0 Å². The van der Waals surface area contributed by atoms with Gasteiger partial charge in [0.25, 0.3) is 0 Å². The van der Waals surface area contributed by atoms with E-state index < -0.39 is 15.8 Å². The number of halogens is 1. The van der Waals surface area contributed by atoms with Crippen molar-refractivity contribution in [3.63, 3.8) is 0 Å². The molecule has 0 aliphatic carbocycles. The Morgan fingerprint density at radius 1 is 1.36 bits per heavy atom. The van der Waals surface area contributed by atoms with Gasteiger partial charge in [0.15, 0.2) is 0 Å². The zero-order chi connectivity index (χ0) is 16.2. The van der Waals surface area contributed by atoms with E-state index in [1.165, 1.54) is 16.4 Å². The van der Waals surface area contributed by atoms with Gasteiger partial charge in [-0.05, 0) is 50.3 Å². The van der Waals surface area contributed by atoms with Crippen LogP contribution < -0.4 is 0 Å². The summed E-state index contributed by atoms with van der Waals surface area (Å²) in [5.74, 6) is -0.666. The van der Waals surface area contributed by atoms with Gasteiger partial charge in [0.1, 0.15) is 10.7 Å². The summed E-state index contributed by atoms with van der Waals surface area (Å²) in [5.41, 5.74) is 0.715. The van der Waals surface area contributed by atoms with Gasteiger partial charge in [0.05, 0.1) is 0 Å². The highest BCUT2D eigenvalue weighted by Crippen LogP contribution is 2.29. The van der Waals surface area contributed by atoms with E-state index in [4.69, 9.17) is 4.74 Å². The highest BCUT2D eigenvalue weighted by Gasteiger charge is 2.34. The first-order valence-corrected chi connectivity index (χ1v) is 9.17. The zero-order valence-electron chi connectivity index (χ0n) is 13.2. The van der Waals surface area contributed by atoms with Crippen molar-refractivity contribution < 1.29 is 17.5 Å². The van der Waals surface area contributed by atoms with Crippen LogP contribution >= 0.6 is 0 Å². The van der Waals surface area contributed by atoms with Crippen molar-refractivity contribution in [3.05, 3.63) is 29.6 Å². The van der Waals surface area contributed by atoms with E-state index in [0.29, 0.717) is 18.7 Å². The van der Waals surface area contributed by atoms with Crippen molar-refractivity contribution >= 4 is 10.0 Å². The van der Waals surface area contributed by atoms with E-state index in [2.05, 4.69) is 0 Å². The van der Waals surface area contributed by atoms with Crippen molar-refractivity contribution in [2.75, 3.05) is 20.3 Å². The van der Waals surface area contributed by atoms with Gasteiger partial charge in [0.2, 0.25) is 10.0 Å². The van der Waals surface area contributed by atoms with Gasteiger partial charge >= 0.3 is 0 Å². The van der Waals surface area contributed by atoms with Crippen LogP contribution in [0.5, 0.6) is 0 Å². The van der Waals surface area contributed by atoms with Crippen LogP contribution in [0.2, 0.25) is 0 Å². The molecule has 0 aromatic heterocycles. The normalized spacial score (nSPS) is 20.2. The van der Waals surface area contributed by atoms with Crippen molar-refractivity contribution in [1.82, 2.24) is 4.31 Å². The molecule has 0 amide bonds. The summed E-state index contributed by atoms with van der Waals surface area (Å²) in [6.45, 7) is 2.82. The molecule has 0 spiro atoms. The number of nitrogens with zero attached hydrogens (tertiary/aromatic N) is 1. The highest BCUT2D eigenvalue weighted by molar-refractivity contribution is 7.89. The quantitative estimate of drug-likeness (QED) is 0.754. The Labute approximate surface area is 132 Å². The summed E-state index contributed by atoms with van der Waals surface area (Å²) >= 11 is 0. The molecule has 4 nitrogen and oxygen atoms in total. The minimum atomic E-state index is -3.78. The van der Waals surface area contributed by atoms with Gasteiger partial charge in [0, 0.05) is 26.3 Å². The number of ether oxygens (including phenoxy) is 1. The predicted molar refractivity (Wildman–Crippen MR) is 83.8 cm³/mol. The Bertz CT molecular complexity index is 603. The summed E-state index contributed by atoms with van der Waals surface area (Å²) < 4.78 is 46.3. The Morgan fingerprint density at radius 3 is 2.82 bits per heavy atom. The van der Waals surface area contributed by atoms with Gasteiger partial charge in [-0.3, -0.25) is 0 Å². The molecule has 0 N–H and O–H groups in total. The summed E-state index contributed by atoms with van der Waals surface area (Å²) in [5, 5.41) is 0. The SMILES string of the molecule is COCCC[C@H]1CCCCN1S(=O)(=O)c1ccc(C)cc1F. The summed E-state index contributed by atoms with van der Waals surface area (Å²) in [4.78, 5) is -0.211. The molecule has 1 aromatic rings. The third kappa shape index (κ3) is 3.86. The maximum atomic E-state index is 14.1. The molecule has 1 heterocycles. The van der Waals surface area contributed by atoms with Crippen molar-refractivity contribution in [2.24, 2.45) is 0 Å². The minimum Gasteiger partial charge on any atom is -0.385 e. The van der Waals surface area contributed by atoms with Gasteiger partial charge < -0.3 is 4.74 Å². The standard InChI is InChI=1S/C16H24FNO3S/c1-13-8-9-16(15(17)12-13)22(19,20)18-10-4-3-6-14(18)7-5-11-21-2/h8-9,12,14H,3-7,10-11H2,1-2H3/t14-/m1/s1. The predicted octanol–water partition coefficient (Wildman–Crippen LogP) is 3.10. The molecule has 1 aliphatic heterocycles. The second kappa shape index (κ2) is 7.53. The lowest BCUT2D eigenvalue weighted by molar-refractivity contribution is 0.172. The van der Waals surface area contributed by atoms with Crippen LogP contribution in [0.15, 0.2) is 23.1 Å². The van der Waals surface area contributed by atoms with Crippen LogP contribution in [0, 0.1) is 12.7 Å². The molecule has 124 valence electrons. The molecule has 1 saturated heterocycles. The van der Waals surface area contributed by atoms with Crippen molar-refractivity contribution in [2.45, 2.75) is 50.0 Å². The fraction of sp³-hybridized carbons (Fsp3) is 0.625. The van der Waals surface area contributed by atoms with Crippen LogP contribution in [0.3, 0.4) is 0 Å². The fourth-order valence-electron chi connectivity index (χ4n) is 2.98. The Balaban J connectivity index is 2.24. The summed E-state index contributed by atoms with van der Waals surface area (Å²) in [7, 11) is -2.14. The Morgan fingerprint density at radius 2 is 2.14 bits per heavy atom. The minimum absolute atomic E-state index is 0.0606. The molecule has 2 rings (SSSR count). The molecule has 0 saturated carbocycles. The molecule has 1 atom stereocenters. The van der Waals surface area contributed by atoms with Gasteiger partial charge in [-0.15, -0.1) is 0 Å². The average Bonchev–Trinajstić information content (AvgIpc) is 2.47. The van der Waals surface area contributed by atoms with Gasteiger partial charge in [-0.25, -0.2) is 12.8 Å². The Kier molecular flexibility index (Phi) is 5.94. The van der Waals surface area contributed by atoms with E-state index in [9.17, 15) is 12.8 Å². The number of piperidine rings is 1. The van der Waals surface area contributed by atoms with Crippen LogP contribution in [-0.2, 0) is 14.8 Å². The lowest BCUT2D eigenvalue weighted by Crippen LogP contribution is -2.44.